The van der Waals surface area contributed by atoms with Gasteiger partial charge < -0.3 is 16.0 Å². The van der Waals surface area contributed by atoms with Gasteiger partial charge in [-0.05, 0) is 24.6 Å². The van der Waals surface area contributed by atoms with Crippen molar-refractivity contribution in [1.82, 2.24) is 10.2 Å². The zero-order valence-corrected chi connectivity index (χ0v) is 10.6. The van der Waals surface area contributed by atoms with Gasteiger partial charge in [-0.1, -0.05) is 6.92 Å². The second-order valence-electron chi connectivity index (χ2n) is 4.45. The third-order valence-electron chi connectivity index (χ3n) is 3.22. The molecule has 1 aromatic rings. The van der Waals surface area contributed by atoms with Crippen LogP contribution >= 0.6 is 0 Å². The van der Waals surface area contributed by atoms with Crippen molar-refractivity contribution in [1.29, 1.82) is 0 Å². The molecule has 0 aromatic heterocycles. The number of benzene rings is 1. The standard InChI is InChI=1S/C13H16FN3O2/c1-2-11-12(18)16-5-6-17(11)13(19)8-3-4-9(14)10(15)7-8/h3-4,7,11H,2,5-6,15H2,1H3,(H,16,18). The van der Waals surface area contributed by atoms with Crippen molar-refractivity contribution in [3.05, 3.63) is 29.6 Å². The number of carbonyl (C=O) groups excluding carboxylic acids is 2. The van der Waals surface area contributed by atoms with Gasteiger partial charge in [-0.15, -0.1) is 0 Å². The molecule has 2 amide bonds. The predicted octanol–water partition coefficient (Wildman–Crippen LogP) is 0.758. The Hall–Kier alpha value is -2.11. The maximum absolute atomic E-state index is 13.1. The van der Waals surface area contributed by atoms with Crippen LogP contribution < -0.4 is 11.1 Å². The molecule has 19 heavy (non-hydrogen) atoms. The van der Waals surface area contributed by atoms with Crippen LogP contribution in [0.15, 0.2) is 18.2 Å². The molecular formula is C13H16FN3O2. The Labute approximate surface area is 110 Å². The van der Waals surface area contributed by atoms with Crippen LogP contribution in [0.5, 0.6) is 0 Å². The molecule has 1 heterocycles. The summed E-state index contributed by atoms with van der Waals surface area (Å²) >= 11 is 0. The fraction of sp³-hybridized carbons (Fsp3) is 0.385. The molecule has 0 spiro atoms. The summed E-state index contributed by atoms with van der Waals surface area (Å²) in [6, 6.07) is 3.37. The predicted molar refractivity (Wildman–Crippen MR) is 68.9 cm³/mol. The first-order chi connectivity index (χ1) is 9.04. The smallest absolute Gasteiger partial charge is 0.254 e. The van der Waals surface area contributed by atoms with E-state index in [0.29, 0.717) is 25.1 Å². The van der Waals surface area contributed by atoms with E-state index in [0.717, 1.165) is 6.07 Å². The van der Waals surface area contributed by atoms with E-state index in [4.69, 9.17) is 5.73 Å². The van der Waals surface area contributed by atoms with Gasteiger partial charge in [0.1, 0.15) is 11.9 Å². The van der Waals surface area contributed by atoms with E-state index in [2.05, 4.69) is 5.32 Å². The molecule has 1 aliphatic heterocycles. The van der Waals surface area contributed by atoms with Gasteiger partial charge in [0, 0.05) is 18.7 Å². The Morgan fingerprint density at radius 1 is 1.58 bits per heavy atom. The van der Waals surface area contributed by atoms with E-state index in [1.54, 1.807) is 0 Å². The number of carbonyl (C=O) groups is 2. The van der Waals surface area contributed by atoms with E-state index in [-0.39, 0.29) is 17.5 Å². The Morgan fingerprint density at radius 3 is 2.95 bits per heavy atom. The van der Waals surface area contributed by atoms with Crippen LogP contribution in [0.25, 0.3) is 0 Å². The van der Waals surface area contributed by atoms with Crippen molar-refractivity contribution < 1.29 is 14.0 Å². The number of amides is 2. The van der Waals surface area contributed by atoms with Gasteiger partial charge in [-0.3, -0.25) is 9.59 Å². The third kappa shape index (κ3) is 2.52. The molecule has 0 saturated carbocycles. The molecule has 1 saturated heterocycles. The van der Waals surface area contributed by atoms with Crippen LogP contribution in [0.1, 0.15) is 23.7 Å². The Balaban J connectivity index is 2.26. The number of piperazine rings is 1. The Morgan fingerprint density at radius 2 is 2.32 bits per heavy atom. The summed E-state index contributed by atoms with van der Waals surface area (Å²) in [5.74, 6) is -1.01. The van der Waals surface area contributed by atoms with Crippen molar-refractivity contribution in [2.24, 2.45) is 0 Å². The number of nitrogens with one attached hydrogen (secondary N) is 1. The summed E-state index contributed by atoms with van der Waals surface area (Å²) in [6.45, 7) is 2.72. The molecule has 6 heteroatoms. The number of nitrogens with zero attached hydrogens (tertiary/aromatic N) is 1. The lowest BCUT2D eigenvalue weighted by Crippen LogP contribution is -2.56. The van der Waals surface area contributed by atoms with Crippen molar-refractivity contribution in [2.45, 2.75) is 19.4 Å². The largest absolute Gasteiger partial charge is 0.396 e. The highest BCUT2D eigenvalue weighted by Crippen LogP contribution is 2.17. The zero-order chi connectivity index (χ0) is 14.0. The normalized spacial score (nSPS) is 19.2. The van der Waals surface area contributed by atoms with Gasteiger partial charge in [0.25, 0.3) is 5.91 Å². The average molecular weight is 265 g/mol. The van der Waals surface area contributed by atoms with E-state index in [1.807, 2.05) is 6.92 Å². The maximum Gasteiger partial charge on any atom is 0.254 e. The van der Waals surface area contributed by atoms with Gasteiger partial charge in [0.05, 0.1) is 5.69 Å². The monoisotopic (exact) mass is 265 g/mol. The highest BCUT2D eigenvalue weighted by molar-refractivity contribution is 5.98. The first-order valence-corrected chi connectivity index (χ1v) is 6.18. The van der Waals surface area contributed by atoms with Crippen LogP contribution in [0.2, 0.25) is 0 Å². The number of hydrogen-bond acceptors (Lipinski definition) is 3. The van der Waals surface area contributed by atoms with Crippen molar-refractivity contribution >= 4 is 17.5 Å². The number of nitrogen functional groups attached to an aromatic ring is 1. The lowest BCUT2D eigenvalue weighted by Gasteiger charge is -2.34. The van der Waals surface area contributed by atoms with E-state index in [9.17, 15) is 14.0 Å². The molecule has 102 valence electrons. The van der Waals surface area contributed by atoms with E-state index >= 15 is 0 Å². The van der Waals surface area contributed by atoms with Gasteiger partial charge in [-0.2, -0.15) is 0 Å². The molecule has 2 rings (SSSR count). The van der Waals surface area contributed by atoms with Crippen molar-refractivity contribution in [3.63, 3.8) is 0 Å². The Kier molecular flexibility index (Phi) is 3.69. The molecule has 1 aromatic carbocycles. The summed E-state index contributed by atoms with van der Waals surface area (Å²) in [6.07, 6.45) is 0.536. The minimum Gasteiger partial charge on any atom is -0.396 e. The molecule has 0 aliphatic carbocycles. The molecule has 0 bridgehead atoms. The number of anilines is 1. The quantitative estimate of drug-likeness (QED) is 0.775. The zero-order valence-electron chi connectivity index (χ0n) is 10.6. The molecule has 1 atom stereocenters. The van der Waals surface area contributed by atoms with Crippen LogP contribution in [-0.4, -0.2) is 35.8 Å². The second kappa shape index (κ2) is 5.26. The number of rotatable bonds is 2. The first-order valence-electron chi connectivity index (χ1n) is 6.18. The molecule has 3 N–H and O–H groups in total. The highest BCUT2D eigenvalue weighted by atomic mass is 19.1. The van der Waals surface area contributed by atoms with Crippen molar-refractivity contribution in [2.75, 3.05) is 18.8 Å². The van der Waals surface area contributed by atoms with Crippen LogP contribution in [0, 0.1) is 5.82 Å². The number of hydrogen-bond donors (Lipinski definition) is 2. The Bertz CT molecular complexity index is 519. The van der Waals surface area contributed by atoms with Gasteiger partial charge >= 0.3 is 0 Å². The highest BCUT2D eigenvalue weighted by Gasteiger charge is 2.32. The fourth-order valence-corrected chi connectivity index (χ4v) is 2.21. The van der Waals surface area contributed by atoms with Crippen molar-refractivity contribution in [3.8, 4) is 0 Å². The van der Waals surface area contributed by atoms with Crippen LogP contribution in [-0.2, 0) is 4.79 Å². The first kappa shape index (κ1) is 13.3. The fourth-order valence-electron chi connectivity index (χ4n) is 2.21. The average Bonchev–Trinajstić information content (AvgIpc) is 2.40. The molecule has 1 fully saturated rings. The second-order valence-corrected chi connectivity index (χ2v) is 4.45. The third-order valence-corrected chi connectivity index (χ3v) is 3.22. The molecule has 0 radical (unpaired) electrons. The lowest BCUT2D eigenvalue weighted by atomic mass is 10.1. The molecular weight excluding hydrogens is 249 g/mol. The molecule has 1 aliphatic rings. The topological polar surface area (TPSA) is 75.4 Å². The van der Waals surface area contributed by atoms with E-state index in [1.165, 1.54) is 17.0 Å². The minimum atomic E-state index is -0.556. The van der Waals surface area contributed by atoms with Gasteiger partial charge in [-0.25, -0.2) is 4.39 Å². The summed E-state index contributed by atoms with van der Waals surface area (Å²) in [4.78, 5) is 25.6. The maximum atomic E-state index is 13.1. The molecule has 1 unspecified atom stereocenters. The van der Waals surface area contributed by atoms with Gasteiger partial charge in [0.2, 0.25) is 5.91 Å². The number of halogens is 1. The van der Waals surface area contributed by atoms with Crippen LogP contribution in [0.4, 0.5) is 10.1 Å². The van der Waals surface area contributed by atoms with E-state index < -0.39 is 11.9 Å². The number of nitrogens with two attached hydrogens (primary N) is 1. The van der Waals surface area contributed by atoms with Crippen LogP contribution in [0.3, 0.4) is 0 Å². The molecule has 5 nitrogen and oxygen atoms in total. The SMILES string of the molecule is CCC1C(=O)NCCN1C(=O)c1ccc(F)c(N)c1. The lowest BCUT2D eigenvalue weighted by molar-refractivity contribution is -0.127. The summed E-state index contributed by atoms with van der Waals surface area (Å²) in [7, 11) is 0. The summed E-state index contributed by atoms with van der Waals surface area (Å²) in [5, 5.41) is 2.72. The van der Waals surface area contributed by atoms with Gasteiger partial charge in [0.15, 0.2) is 0 Å². The summed E-state index contributed by atoms with van der Waals surface area (Å²) in [5.41, 5.74) is 5.69. The summed E-state index contributed by atoms with van der Waals surface area (Å²) < 4.78 is 13.1. The minimum absolute atomic E-state index is 0.0691.